The van der Waals surface area contributed by atoms with Crippen LogP contribution in [0.25, 0.3) is 10.9 Å². The first-order chi connectivity index (χ1) is 13.9. The van der Waals surface area contributed by atoms with Crippen LogP contribution in [-0.4, -0.2) is 62.5 Å². The molecule has 4 rings (SSSR count). The SMILES string of the molecule is COc1ccc(S(=O)(=O)n2cc(CN3CCN(C)CC3)c3cc(Br)ccc32)cc1. The van der Waals surface area contributed by atoms with Crippen LogP contribution in [-0.2, 0) is 16.6 Å². The van der Waals surface area contributed by atoms with Crippen LogP contribution in [0.2, 0.25) is 0 Å². The van der Waals surface area contributed by atoms with E-state index in [-0.39, 0.29) is 4.90 Å². The lowest BCUT2D eigenvalue weighted by molar-refractivity contribution is 0.148. The van der Waals surface area contributed by atoms with Gasteiger partial charge in [-0.25, -0.2) is 12.4 Å². The zero-order valence-electron chi connectivity index (χ0n) is 16.5. The quantitative estimate of drug-likeness (QED) is 0.563. The van der Waals surface area contributed by atoms with Gasteiger partial charge in [-0.2, -0.15) is 0 Å². The van der Waals surface area contributed by atoms with Gasteiger partial charge in [-0.3, -0.25) is 4.90 Å². The molecule has 0 atom stereocenters. The summed E-state index contributed by atoms with van der Waals surface area (Å²) in [5, 5.41) is 0.954. The molecule has 3 aromatic rings. The summed E-state index contributed by atoms with van der Waals surface area (Å²) in [7, 11) is -0.0254. The van der Waals surface area contributed by atoms with E-state index in [0.717, 1.165) is 48.1 Å². The van der Waals surface area contributed by atoms with Crippen LogP contribution in [0.4, 0.5) is 0 Å². The third kappa shape index (κ3) is 4.07. The first-order valence-corrected chi connectivity index (χ1v) is 11.7. The molecule has 0 saturated carbocycles. The van der Waals surface area contributed by atoms with Gasteiger partial charge < -0.3 is 9.64 Å². The minimum atomic E-state index is -3.71. The maximum Gasteiger partial charge on any atom is 0.268 e. The van der Waals surface area contributed by atoms with E-state index >= 15 is 0 Å². The number of benzene rings is 2. The molecule has 0 radical (unpaired) electrons. The zero-order valence-corrected chi connectivity index (χ0v) is 18.9. The van der Waals surface area contributed by atoms with Gasteiger partial charge in [0.15, 0.2) is 0 Å². The summed E-state index contributed by atoms with van der Waals surface area (Å²) in [6, 6.07) is 12.2. The Bertz CT molecular complexity index is 1120. The molecule has 0 aliphatic carbocycles. The van der Waals surface area contributed by atoms with Crippen molar-refractivity contribution in [2.75, 3.05) is 40.3 Å². The van der Waals surface area contributed by atoms with Gasteiger partial charge in [-0.15, -0.1) is 0 Å². The largest absolute Gasteiger partial charge is 0.497 e. The lowest BCUT2D eigenvalue weighted by Gasteiger charge is -2.32. The molecule has 0 bridgehead atoms. The summed E-state index contributed by atoms with van der Waals surface area (Å²) in [5.74, 6) is 0.626. The van der Waals surface area contributed by atoms with E-state index in [9.17, 15) is 8.42 Å². The number of piperazine rings is 1. The monoisotopic (exact) mass is 477 g/mol. The highest BCUT2D eigenvalue weighted by Gasteiger charge is 2.23. The maximum absolute atomic E-state index is 13.4. The number of aromatic nitrogens is 1. The second-order valence-corrected chi connectivity index (χ2v) is 10.1. The molecule has 154 valence electrons. The van der Waals surface area contributed by atoms with Crippen molar-refractivity contribution in [1.29, 1.82) is 0 Å². The van der Waals surface area contributed by atoms with Crippen molar-refractivity contribution in [1.82, 2.24) is 13.8 Å². The van der Waals surface area contributed by atoms with Crippen LogP contribution in [0.1, 0.15) is 5.56 Å². The molecule has 6 nitrogen and oxygen atoms in total. The molecule has 0 N–H and O–H groups in total. The Morgan fingerprint density at radius 1 is 1.03 bits per heavy atom. The molecule has 1 aliphatic rings. The van der Waals surface area contributed by atoms with E-state index in [1.54, 1.807) is 37.6 Å². The zero-order chi connectivity index (χ0) is 20.6. The van der Waals surface area contributed by atoms with Crippen molar-refractivity contribution in [2.45, 2.75) is 11.4 Å². The number of hydrogen-bond acceptors (Lipinski definition) is 5. The Hall–Kier alpha value is -1.87. The molecule has 29 heavy (non-hydrogen) atoms. The number of fused-ring (bicyclic) bond motifs is 1. The fourth-order valence-electron chi connectivity index (χ4n) is 3.67. The van der Waals surface area contributed by atoms with Crippen LogP contribution in [0, 0.1) is 0 Å². The standard InChI is InChI=1S/C21H24BrN3O3S/c1-23-9-11-24(12-10-23)14-16-15-25(21-8-3-17(22)13-20(16)21)29(26,27)19-6-4-18(28-2)5-7-19/h3-8,13,15H,9-12,14H2,1-2H3. The lowest BCUT2D eigenvalue weighted by Crippen LogP contribution is -2.43. The van der Waals surface area contributed by atoms with Crippen molar-refractivity contribution >= 4 is 36.9 Å². The molecule has 1 fully saturated rings. The highest BCUT2D eigenvalue weighted by atomic mass is 79.9. The average Bonchev–Trinajstić information content (AvgIpc) is 3.08. The number of ether oxygens (including phenoxy) is 1. The maximum atomic E-state index is 13.4. The van der Waals surface area contributed by atoms with E-state index < -0.39 is 10.0 Å². The molecule has 2 aromatic carbocycles. The molecule has 1 saturated heterocycles. The van der Waals surface area contributed by atoms with Crippen LogP contribution in [0.3, 0.4) is 0 Å². The molecule has 1 aliphatic heterocycles. The van der Waals surface area contributed by atoms with Gasteiger partial charge in [-0.1, -0.05) is 15.9 Å². The highest BCUT2D eigenvalue weighted by Crippen LogP contribution is 2.30. The number of rotatable bonds is 5. The predicted octanol–water partition coefficient (Wildman–Crippen LogP) is 3.40. The Balaban J connectivity index is 1.76. The predicted molar refractivity (Wildman–Crippen MR) is 118 cm³/mol. The van der Waals surface area contributed by atoms with Gasteiger partial charge >= 0.3 is 0 Å². The third-order valence-electron chi connectivity index (χ3n) is 5.42. The van der Waals surface area contributed by atoms with E-state index in [0.29, 0.717) is 11.3 Å². The van der Waals surface area contributed by atoms with Gasteiger partial charge in [0.25, 0.3) is 10.0 Å². The topological polar surface area (TPSA) is 54.8 Å². The van der Waals surface area contributed by atoms with Gasteiger partial charge in [-0.05, 0) is 55.1 Å². The number of hydrogen-bond donors (Lipinski definition) is 0. The van der Waals surface area contributed by atoms with Crippen molar-refractivity contribution in [3.05, 3.63) is 58.7 Å². The molecular formula is C21H24BrN3O3S. The molecule has 0 unspecified atom stereocenters. The van der Waals surface area contributed by atoms with Crippen LogP contribution in [0.5, 0.6) is 5.75 Å². The van der Waals surface area contributed by atoms with Crippen molar-refractivity contribution < 1.29 is 13.2 Å². The van der Waals surface area contributed by atoms with E-state index in [4.69, 9.17) is 4.74 Å². The molecule has 0 amide bonds. The van der Waals surface area contributed by atoms with E-state index in [1.165, 1.54) is 3.97 Å². The van der Waals surface area contributed by atoms with Gasteiger partial charge in [0.2, 0.25) is 0 Å². The molecular weight excluding hydrogens is 454 g/mol. The van der Waals surface area contributed by atoms with Crippen molar-refractivity contribution in [3.8, 4) is 5.75 Å². The van der Waals surface area contributed by atoms with E-state index in [1.807, 2.05) is 18.2 Å². The fourth-order valence-corrected chi connectivity index (χ4v) is 5.42. The van der Waals surface area contributed by atoms with Crippen molar-refractivity contribution in [2.24, 2.45) is 0 Å². The summed E-state index contributed by atoms with van der Waals surface area (Å²) in [6.07, 6.45) is 1.77. The Labute approximate surface area is 179 Å². The van der Waals surface area contributed by atoms with Gasteiger partial charge in [0.05, 0.1) is 17.5 Å². The summed E-state index contributed by atoms with van der Waals surface area (Å²) in [5.41, 5.74) is 1.70. The van der Waals surface area contributed by atoms with Crippen LogP contribution < -0.4 is 4.74 Å². The lowest BCUT2D eigenvalue weighted by atomic mass is 10.1. The smallest absolute Gasteiger partial charge is 0.268 e. The minimum Gasteiger partial charge on any atom is -0.497 e. The molecule has 1 aromatic heterocycles. The third-order valence-corrected chi connectivity index (χ3v) is 7.60. The fraction of sp³-hybridized carbons (Fsp3) is 0.333. The summed E-state index contributed by atoms with van der Waals surface area (Å²) < 4.78 is 34.2. The normalized spacial score (nSPS) is 16.4. The molecule has 0 spiro atoms. The summed E-state index contributed by atoms with van der Waals surface area (Å²) in [4.78, 5) is 4.93. The Kier molecular flexibility index (Phi) is 5.70. The summed E-state index contributed by atoms with van der Waals surface area (Å²) in [6.45, 7) is 4.72. The number of likely N-dealkylation sites (N-methyl/N-ethyl adjacent to an activating group) is 1. The van der Waals surface area contributed by atoms with Crippen LogP contribution in [0.15, 0.2) is 58.0 Å². The van der Waals surface area contributed by atoms with E-state index in [2.05, 4.69) is 32.8 Å². The number of methoxy groups -OCH3 is 1. The highest BCUT2D eigenvalue weighted by molar-refractivity contribution is 9.10. The minimum absolute atomic E-state index is 0.240. The first kappa shape index (κ1) is 20.4. The Morgan fingerprint density at radius 2 is 1.72 bits per heavy atom. The molecule has 2 heterocycles. The van der Waals surface area contributed by atoms with Gasteiger partial charge in [0.1, 0.15) is 5.75 Å². The number of nitrogens with zero attached hydrogens (tertiary/aromatic N) is 3. The second-order valence-electron chi connectivity index (χ2n) is 7.37. The average molecular weight is 478 g/mol. The van der Waals surface area contributed by atoms with Crippen molar-refractivity contribution in [3.63, 3.8) is 0 Å². The molecule has 8 heteroatoms. The summed E-state index contributed by atoms with van der Waals surface area (Å²) >= 11 is 3.53. The Morgan fingerprint density at radius 3 is 2.38 bits per heavy atom. The van der Waals surface area contributed by atoms with Gasteiger partial charge in [0, 0.05) is 48.8 Å². The number of halogens is 1. The van der Waals surface area contributed by atoms with Crippen LogP contribution >= 0.6 is 15.9 Å². The first-order valence-electron chi connectivity index (χ1n) is 9.48. The second kappa shape index (κ2) is 8.10.